The van der Waals surface area contributed by atoms with Gasteiger partial charge >= 0.3 is 6.03 Å². The molecule has 2 aromatic carbocycles. The van der Waals surface area contributed by atoms with Gasteiger partial charge in [0.05, 0.1) is 0 Å². The third kappa shape index (κ3) is 5.28. The quantitative estimate of drug-likeness (QED) is 0.539. The largest absolute Gasteiger partial charge is 0.324 e. The molecule has 3 aliphatic heterocycles. The fourth-order valence-corrected chi connectivity index (χ4v) is 5.66. The molecule has 2 amide bonds. The third-order valence-electron chi connectivity index (χ3n) is 7.43. The van der Waals surface area contributed by atoms with Crippen molar-refractivity contribution in [1.29, 1.82) is 0 Å². The lowest BCUT2D eigenvalue weighted by Gasteiger charge is -2.38. The Morgan fingerprint density at radius 3 is 2.45 bits per heavy atom. The van der Waals surface area contributed by atoms with E-state index in [0.29, 0.717) is 5.92 Å². The number of fused-ring (bicyclic) bond motifs is 1. The Hall–Kier alpha value is -2.30. The number of benzene rings is 2. The van der Waals surface area contributed by atoms with E-state index in [9.17, 15) is 4.79 Å². The Morgan fingerprint density at radius 2 is 1.70 bits per heavy atom. The van der Waals surface area contributed by atoms with Crippen molar-refractivity contribution >= 4 is 29.4 Å². The molecule has 0 saturated carbocycles. The minimum atomic E-state index is 0.169. The summed E-state index contributed by atoms with van der Waals surface area (Å²) in [5.41, 5.74) is 4.97. The summed E-state index contributed by atoms with van der Waals surface area (Å²) in [6, 6.07) is 15.0. The van der Waals surface area contributed by atoms with Crippen molar-refractivity contribution in [3.63, 3.8) is 0 Å². The molecule has 0 radical (unpaired) electrons. The van der Waals surface area contributed by atoms with Crippen LogP contribution < -0.4 is 4.90 Å². The fourth-order valence-electron chi connectivity index (χ4n) is 5.53. The third-order valence-corrected chi connectivity index (χ3v) is 7.68. The van der Waals surface area contributed by atoms with E-state index in [1.165, 1.54) is 42.6 Å². The first-order chi connectivity index (χ1) is 16.2. The van der Waals surface area contributed by atoms with E-state index in [2.05, 4.69) is 47.4 Å². The maximum Gasteiger partial charge on any atom is 0.324 e. The average Bonchev–Trinajstić information content (AvgIpc) is 3.37. The lowest BCUT2D eigenvalue weighted by Crippen LogP contribution is -2.48. The summed E-state index contributed by atoms with van der Waals surface area (Å²) in [6.07, 6.45) is 11.3. The summed E-state index contributed by atoms with van der Waals surface area (Å²) in [4.78, 5) is 20.0. The van der Waals surface area contributed by atoms with E-state index in [-0.39, 0.29) is 6.03 Å². The van der Waals surface area contributed by atoms with Crippen LogP contribution in [0.4, 0.5) is 10.5 Å². The van der Waals surface area contributed by atoms with Crippen molar-refractivity contribution in [2.45, 2.75) is 44.4 Å². The lowest BCUT2D eigenvalue weighted by atomic mass is 9.89. The van der Waals surface area contributed by atoms with Gasteiger partial charge in [-0.2, -0.15) is 0 Å². The van der Waals surface area contributed by atoms with E-state index < -0.39 is 0 Å². The van der Waals surface area contributed by atoms with Crippen molar-refractivity contribution in [2.24, 2.45) is 0 Å². The summed E-state index contributed by atoms with van der Waals surface area (Å²) in [7, 11) is 0. The first kappa shape index (κ1) is 22.5. The van der Waals surface area contributed by atoms with Crippen LogP contribution in [0, 0.1) is 0 Å². The molecule has 2 aromatic rings. The molecule has 3 aliphatic rings. The van der Waals surface area contributed by atoms with Gasteiger partial charge in [0.2, 0.25) is 0 Å². The van der Waals surface area contributed by atoms with Crippen LogP contribution in [0.1, 0.15) is 54.7 Å². The molecule has 0 N–H and O–H groups in total. The predicted octanol–water partition coefficient (Wildman–Crippen LogP) is 6.20. The van der Waals surface area contributed by atoms with Crippen molar-refractivity contribution < 1.29 is 4.79 Å². The first-order valence-corrected chi connectivity index (χ1v) is 12.9. The number of anilines is 1. The van der Waals surface area contributed by atoms with Gasteiger partial charge in [-0.15, -0.1) is 0 Å². The standard InChI is InChI=1S/C28H34ClN3O/c29-26-10-8-23(9-11-26)24-13-19-31(20-14-24)28(33)32-18-4-6-25-21-22(7-12-27(25)32)5-3-17-30-15-1-2-16-30/h3,5,7-12,21,24H,1-2,4,6,13-20H2. The zero-order valence-electron chi connectivity index (χ0n) is 19.4. The van der Waals surface area contributed by atoms with Gasteiger partial charge in [-0.3, -0.25) is 9.80 Å². The second-order valence-electron chi connectivity index (χ2n) is 9.65. The van der Waals surface area contributed by atoms with Crippen molar-refractivity contribution in [3.05, 3.63) is 70.3 Å². The molecule has 5 heteroatoms. The number of carbonyl (C=O) groups is 1. The average molecular weight is 464 g/mol. The molecule has 0 aliphatic carbocycles. The monoisotopic (exact) mass is 463 g/mol. The maximum absolute atomic E-state index is 13.4. The van der Waals surface area contributed by atoms with E-state index in [0.717, 1.165) is 62.6 Å². The highest BCUT2D eigenvalue weighted by molar-refractivity contribution is 6.30. The second-order valence-corrected chi connectivity index (χ2v) is 10.1. The van der Waals surface area contributed by atoms with Crippen LogP contribution in [0.3, 0.4) is 0 Å². The number of rotatable bonds is 4. The minimum Gasteiger partial charge on any atom is -0.324 e. The van der Waals surface area contributed by atoms with Crippen LogP contribution in [0.25, 0.3) is 6.08 Å². The molecule has 4 nitrogen and oxygen atoms in total. The topological polar surface area (TPSA) is 26.8 Å². The number of carbonyl (C=O) groups excluding carboxylic acids is 1. The number of hydrogen-bond acceptors (Lipinski definition) is 2. The van der Waals surface area contributed by atoms with Gasteiger partial charge in [0.15, 0.2) is 0 Å². The molecular formula is C28H34ClN3O. The Kier molecular flexibility index (Phi) is 7.03. The van der Waals surface area contributed by atoms with Crippen LogP contribution in [0.15, 0.2) is 48.5 Å². The molecule has 174 valence electrons. The van der Waals surface area contributed by atoms with E-state index in [4.69, 9.17) is 11.6 Å². The van der Waals surface area contributed by atoms with E-state index >= 15 is 0 Å². The molecule has 3 heterocycles. The Balaban J connectivity index is 1.21. The van der Waals surface area contributed by atoms with Crippen molar-refractivity contribution in [1.82, 2.24) is 9.80 Å². The highest BCUT2D eigenvalue weighted by atomic mass is 35.5. The predicted molar refractivity (Wildman–Crippen MR) is 137 cm³/mol. The molecule has 0 spiro atoms. The molecular weight excluding hydrogens is 430 g/mol. The van der Waals surface area contributed by atoms with Gasteiger partial charge < -0.3 is 4.90 Å². The molecule has 0 atom stereocenters. The number of halogens is 1. The van der Waals surface area contributed by atoms with Crippen LogP contribution in [-0.2, 0) is 6.42 Å². The van der Waals surface area contributed by atoms with Crippen LogP contribution >= 0.6 is 11.6 Å². The van der Waals surface area contributed by atoms with Crippen molar-refractivity contribution in [3.8, 4) is 0 Å². The van der Waals surface area contributed by atoms with Crippen LogP contribution in [0.5, 0.6) is 0 Å². The summed E-state index contributed by atoms with van der Waals surface area (Å²) in [5.74, 6) is 0.509. The maximum atomic E-state index is 13.4. The normalized spacial score (nSPS) is 19.9. The Labute approximate surface area is 202 Å². The number of nitrogens with zero attached hydrogens (tertiary/aromatic N) is 3. The smallest absolute Gasteiger partial charge is 0.324 e. The summed E-state index contributed by atoms with van der Waals surface area (Å²) >= 11 is 6.04. The molecule has 0 bridgehead atoms. The minimum absolute atomic E-state index is 0.169. The highest BCUT2D eigenvalue weighted by Gasteiger charge is 2.30. The number of amides is 2. The van der Waals surface area contributed by atoms with Crippen LogP contribution in [0.2, 0.25) is 5.02 Å². The molecule has 0 aromatic heterocycles. The number of likely N-dealkylation sites (tertiary alicyclic amines) is 2. The summed E-state index contributed by atoms with van der Waals surface area (Å²) in [5, 5.41) is 0.778. The van der Waals surface area contributed by atoms with Gasteiger partial charge in [0.1, 0.15) is 0 Å². The van der Waals surface area contributed by atoms with Gasteiger partial charge in [-0.25, -0.2) is 4.79 Å². The van der Waals surface area contributed by atoms with E-state index in [1.54, 1.807) is 0 Å². The van der Waals surface area contributed by atoms with Gasteiger partial charge in [-0.1, -0.05) is 42.0 Å². The van der Waals surface area contributed by atoms with Gasteiger partial charge in [0, 0.05) is 36.9 Å². The van der Waals surface area contributed by atoms with E-state index in [1.807, 2.05) is 21.9 Å². The molecule has 0 unspecified atom stereocenters. The number of aryl methyl sites for hydroxylation is 1. The number of piperidine rings is 1. The zero-order valence-corrected chi connectivity index (χ0v) is 20.1. The second kappa shape index (κ2) is 10.3. The highest BCUT2D eigenvalue weighted by Crippen LogP contribution is 2.32. The fraction of sp³-hybridized carbons (Fsp3) is 0.464. The molecule has 2 saturated heterocycles. The van der Waals surface area contributed by atoms with Crippen LogP contribution in [-0.4, -0.2) is 55.1 Å². The van der Waals surface area contributed by atoms with Gasteiger partial charge in [0.25, 0.3) is 0 Å². The molecule has 33 heavy (non-hydrogen) atoms. The summed E-state index contributed by atoms with van der Waals surface area (Å²) < 4.78 is 0. The Bertz CT molecular complexity index is 989. The van der Waals surface area contributed by atoms with Crippen molar-refractivity contribution in [2.75, 3.05) is 44.2 Å². The molecule has 2 fully saturated rings. The van der Waals surface area contributed by atoms with Gasteiger partial charge in [-0.05, 0) is 98.5 Å². The Morgan fingerprint density at radius 1 is 0.939 bits per heavy atom. The zero-order chi connectivity index (χ0) is 22.6. The lowest BCUT2D eigenvalue weighted by molar-refractivity contribution is 0.187. The number of urea groups is 1. The number of hydrogen-bond donors (Lipinski definition) is 0. The SMILES string of the molecule is O=C(N1CCC(c2ccc(Cl)cc2)CC1)N1CCCc2cc(C=CCN3CCCC3)ccc21. The summed E-state index contributed by atoms with van der Waals surface area (Å²) in [6.45, 7) is 5.93. The first-order valence-electron chi connectivity index (χ1n) is 12.5. The molecule has 5 rings (SSSR count).